The third-order valence-corrected chi connectivity index (χ3v) is 5.18. The summed E-state index contributed by atoms with van der Waals surface area (Å²) in [6, 6.07) is 0.722. The monoisotopic (exact) mass is 217 g/mol. The molecule has 84 valence electrons. The molecule has 14 heavy (non-hydrogen) atoms. The van der Waals surface area contributed by atoms with Crippen LogP contribution in [0.15, 0.2) is 0 Å². The molecule has 1 saturated carbocycles. The van der Waals surface area contributed by atoms with Gasteiger partial charge in [-0.1, -0.05) is 19.3 Å². The van der Waals surface area contributed by atoms with Crippen molar-refractivity contribution in [3.63, 3.8) is 0 Å². The Morgan fingerprint density at radius 3 is 2.21 bits per heavy atom. The van der Waals surface area contributed by atoms with Crippen molar-refractivity contribution in [2.24, 2.45) is 0 Å². The molecule has 0 heterocycles. The van der Waals surface area contributed by atoms with E-state index in [1.54, 1.807) is 14.2 Å². The van der Waals surface area contributed by atoms with E-state index in [9.17, 15) is 0 Å². The van der Waals surface area contributed by atoms with Crippen LogP contribution in [0.2, 0.25) is 0 Å². The van der Waals surface area contributed by atoms with Gasteiger partial charge in [-0.2, -0.15) is 0 Å². The highest BCUT2D eigenvalue weighted by atomic mass is 28.2. The Morgan fingerprint density at radius 1 is 1.14 bits per heavy atom. The molecular formula is C10H23NO2Si. The topological polar surface area (TPSA) is 30.5 Å². The summed E-state index contributed by atoms with van der Waals surface area (Å²) in [5.41, 5.74) is -0.336. The molecule has 1 aliphatic rings. The summed E-state index contributed by atoms with van der Waals surface area (Å²) in [6.07, 6.45) is 6.82. The molecule has 1 rings (SSSR count). The Balaban J connectivity index is 2.23. The van der Waals surface area contributed by atoms with E-state index in [1.807, 2.05) is 6.92 Å². The third-order valence-electron chi connectivity index (χ3n) is 3.18. The molecule has 3 nitrogen and oxygen atoms in total. The lowest BCUT2D eigenvalue weighted by molar-refractivity contribution is -0.131. The van der Waals surface area contributed by atoms with Gasteiger partial charge in [0.05, 0.1) is 0 Å². The van der Waals surface area contributed by atoms with Gasteiger partial charge in [0.15, 0.2) is 15.1 Å². The standard InChI is InChI=1S/C10H23NO2Si/c1-10(12-2,13-3)14-11-9-7-5-4-6-8-9/h9,11H,4-8,14H2,1-3H3. The maximum atomic E-state index is 5.36. The van der Waals surface area contributed by atoms with E-state index in [-0.39, 0.29) is 5.41 Å². The highest BCUT2D eigenvalue weighted by Gasteiger charge is 2.25. The van der Waals surface area contributed by atoms with Gasteiger partial charge in [0.1, 0.15) is 0 Å². The zero-order chi connectivity index (χ0) is 10.4. The lowest BCUT2D eigenvalue weighted by atomic mass is 9.96. The summed E-state index contributed by atoms with van der Waals surface area (Å²) in [6.45, 7) is 2.02. The molecule has 0 spiro atoms. The van der Waals surface area contributed by atoms with Crippen LogP contribution < -0.4 is 4.98 Å². The molecule has 0 aromatic rings. The van der Waals surface area contributed by atoms with E-state index in [1.165, 1.54) is 32.1 Å². The SMILES string of the molecule is COC(C)(OC)[SiH2]NC1CCCCC1. The van der Waals surface area contributed by atoms with Gasteiger partial charge in [-0.3, -0.25) is 0 Å². The Labute approximate surface area is 89.4 Å². The van der Waals surface area contributed by atoms with E-state index < -0.39 is 9.68 Å². The fourth-order valence-corrected chi connectivity index (χ4v) is 3.22. The number of methoxy groups -OCH3 is 2. The molecule has 0 saturated heterocycles. The van der Waals surface area contributed by atoms with Crippen molar-refractivity contribution >= 4 is 9.68 Å². The average Bonchev–Trinajstić information content (AvgIpc) is 2.27. The quantitative estimate of drug-likeness (QED) is 0.549. The predicted octanol–water partition coefficient (Wildman–Crippen LogP) is 0.959. The lowest BCUT2D eigenvalue weighted by Crippen LogP contribution is -2.48. The zero-order valence-electron chi connectivity index (χ0n) is 9.64. The molecule has 0 radical (unpaired) electrons. The van der Waals surface area contributed by atoms with Crippen molar-refractivity contribution in [3.05, 3.63) is 0 Å². The fraction of sp³-hybridized carbons (Fsp3) is 1.00. The smallest absolute Gasteiger partial charge is 0.163 e. The molecule has 0 bridgehead atoms. The first-order valence-corrected chi connectivity index (χ1v) is 6.95. The van der Waals surface area contributed by atoms with Gasteiger partial charge in [-0.05, 0) is 19.8 Å². The van der Waals surface area contributed by atoms with Crippen LogP contribution in [-0.2, 0) is 9.47 Å². The molecule has 0 atom stereocenters. The van der Waals surface area contributed by atoms with Gasteiger partial charge in [-0.25, -0.2) is 0 Å². The number of rotatable bonds is 5. The molecule has 0 amide bonds. The first-order chi connectivity index (χ1) is 6.70. The minimum Gasteiger partial charge on any atom is -0.356 e. The minimum absolute atomic E-state index is 0.336. The summed E-state index contributed by atoms with van der Waals surface area (Å²) in [5.74, 6) is 0. The van der Waals surface area contributed by atoms with E-state index >= 15 is 0 Å². The molecule has 0 unspecified atom stereocenters. The number of ether oxygens (including phenoxy) is 2. The van der Waals surface area contributed by atoms with Crippen molar-refractivity contribution in [2.45, 2.75) is 50.5 Å². The third kappa shape index (κ3) is 3.69. The van der Waals surface area contributed by atoms with Gasteiger partial charge in [0.2, 0.25) is 0 Å². The molecule has 0 aliphatic heterocycles. The molecular weight excluding hydrogens is 194 g/mol. The highest BCUT2D eigenvalue weighted by Crippen LogP contribution is 2.17. The second-order valence-electron chi connectivity index (χ2n) is 4.26. The lowest BCUT2D eigenvalue weighted by Gasteiger charge is -2.30. The van der Waals surface area contributed by atoms with Crippen LogP contribution in [0.3, 0.4) is 0 Å². The maximum absolute atomic E-state index is 5.36. The summed E-state index contributed by atoms with van der Waals surface area (Å²) in [4.78, 5) is 3.65. The van der Waals surface area contributed by atoms with Crippen molar-refractivity contribution in [1.82, 2.24) is 4.98 Å². The second kappa shape index (κ2) is 5.85. The Hall–Kier alpha value is 0.0969. The van der Waals surface area contributed by atoms with E-state index in [2.05, 4.69) is 4.98 Å². The number of nitrogens with one attached hydrogen (secondary N) is 1. The zero-order valence-corrected chi connectivity index (χ0v) is 11.1. The molecule has 1 fully saturated rings. The van der Waals surface area contributed by atoms with Crippen LogP contribution >= 0.6 is 0 Å². The molecule has 4 heteroatoms. The average molecular weight is 217 g/mol. The first kappa shape index (κ1) is 12.2. The molecule has 0 aromatic heterocycles. The van der Waals surface area contributed by atoms with Crippen LogP contribution in [-0.4, -0.2) is 35.4 Å². The van der Waals surface area contributed by atoms with Crippen molar-refractivity contribution in [1.29, 1.82) is 0 Å². The molecule has 1 N–H and O–H groups in total. The summed E-state index contributed by atoms with van der Waals surface area (Å²) in [5, 5.41) is 0. The number of hydrogen-bond acceptors (Lipinski definition) is 3. The normalized spacial score (nSPS) is 20.8. The van der Waals surface area contributed by atoms with Crippen molar-refractivity contribution < 1.29 is 9.47 Å². The van der Waals surface area contributed by atoms with E-state index in [0.717, 1.165) is 6.04 Å². The van der Waals surface area contributed by atoms with Gasteiger partial charge >= 0.3 is 0 Å². The van der Waals surface area contributed by atoms with Gasteiger partial charge in [0, 0.05) is 20.3 Å². The predicted molar refractivity (Wildman–Crippen MR) is 61.0 cm³/mol. The largest absolute Gasteiger partial charge is 0.356 e. The summed E-state index contributed by atoms with van der Waals surface area (Å²) in [7, 11) is 2.93. The van der Waals surface area contributed by atoms with Crippen molar-refractivity contribution in [2.75, 3.05) is 14.2 Å². The van der Waals surface area contributed by atoms with Gasteiger partial charge in [-0.15, -0.1) is 0 Å². The Bertz CT molecular complexity index is 156. The van der Waals surface area contributed by atoms with Crippen molar-refractivity contribution in [3.8, 4) is 0 Å². The fourth-order valence-electron chi connectivity index (χ4n) is 1.86. The van der Waals surface area contributed by atoms with E-state index in [4.69, 9.17) is 9.47 Å². The van der Waals surface area contributed by atoms with Crippen LogP contribution in [0.25, 0.3) is 0 Å². The van der Waals surface area contributed by atoms with Crippen LogP contribution in [0.1, 0.15) is 39.0 Å². The first-order valence-electron chi connectivity index (χ1n) is 5.54. The minimum atomic E-state index is -0.510. The maximum Gasteiger partial charge on any atom is 0.163 e. The molecule has 0 aromatic carbocycles. The Kier molecular flexibility index (Phi) is 5.09. The van der Waals surface area contributed by atoms with Crippen LogP contribution in [0.5, 0.6) is 0 Å². The summed E-state index contributed by atoms with van der Waals surface area (Å²) >= 11 is 0. The number of hydrogen-bond donors (Lipinski definition) is 1. The van der Waals surface area contributed by atoms with Gasteiger partial charge < -0.3 is 14.5 Å². The Morgan fingerprint density at radius 2 is 1.71 bits per heavy atom. The second-order valence-corrected chi connectivity index (χ2v) is 6.30. The van der Waals surface area contributed by atoms with Gasteiger partial charge in [0.25, 0.3) is 0 Å². The van der Waals surface area contributed by atoms with E-state index in [0.29, 0.717) is 0 Å². The molecule has 1 aliphatic carbocycles. The van der Waals surface area contributed by atoms with Crippen LogP contribution in [0.4, 0.5) is 0 Å². The van der Waals surface area contributed by atoms with Crippen LogP contribution in [0, 0.1) is 0 Å². The highest BCUT2D eigenvalue weighted by molar-refractivity contribution is 6.35. The summed E-state index contributed by atoms with van der Waals surface area (Å²) < 4.78 is 10.7.